The van der Waals surface area contributed by atoms with E-state index in [1.165, 1.54) is 16.7 Å². The van der Waals surface area contributed by atoms with Gasteiger partial charge in [-0.15, -0.1) is 11.8 Å². The van der Waals surface area contributed by atoms with Crippen LogP contribution in [-0.2, 0) is 0 Å². The Morgan fingerprint density at radius 1 is 1.32 bits per heavy atom. The van der Waals surface area contributed by atoms with Gasteiger partial charge < -0.3 is 15.3 Å². The molecule has 0 atom stereocenters. The van der Waals surface area contributed by atoms with Gasteiger partial charge >= 0.3 is 12.2 Å². The van der Waals surface area contributed by atoms with Crippen molar-refractivity contribution in [3.8, 4) is 0 Å². The molecule has 1 fully saturated rings. The van der Waals surface area contributed by atoms with Crippen LogP contribution in [0.1, 0.15) is 12.8 Å². The molecule has 1 saturated heterocycles. The van der Waals surface area contributed by atoms with Crippen LogP contribution in [0.5, 0.6) is 0 Å². The van der Waals surface area contributed by atoms with Crippen molar-refractivity contribution in [2.24, 2.45) is 0 Å². The highest BCUT2D eigenvalue weighted by molar-refractivity contribution is 7.98. The fraction of sp³-hybridized carbons (Fsp3) is 0.500. The van der Waals surface area contributed by atoms with Crippen molar-refractivity contribution >= 4 is 23.5 Å². The number of hydrogen-bond donors (Lipinski definition) is 2. The van der Waals surface area contributed by atoms with Crippen LogP contribution in [0.4, 0.5) is 23.7 Å². The molecule has 8 heteroatoms. The number of aliphatic hydroxyl groups is 1. The van der Waals surface area contributed by atoms with E-state index in [1.54, 1.807) is 12.1 Å². The number of likely N-dealkylation sites (tertiary alicyclic amines) is 1. The zero-order valence-corrected chi connectivity index (χ0v) is 12.8. The van der Waals surface area contributed by atoms with Gasteiger partial charge in [0.1, 0.15) is 0 Å². The van der Waals surface area contributed by atoms with Gasteiger partial charge in [-0.05, 0) is 18.4 Å². The molecule has 2 N–H and O–H groups in total. The summed E-state index contributed by atoms with van der Waals surface area (Å²) in [6.07, 6.45) is -3.81. The van der Waals surface area contributed by atoms with Crippen molar-refractivity contribution in [2.45, 2.75) is 29.5 Å². The number of nitrogens with one attached hydrogen (secondary N) is 1. The summed E-state index contributed by atoms with van der Waals surface area (Å²) in [7, 11) is 0. The van der Waals surface area contributed by atoms with E-state index in [0.29, 0.717) is 5.69 Å². The van der Waals surface area contributed by atoms with Crippen LogP contribution in [0.25, 0.3) is 0 Å². The zero-order chi connectivity index (χ0) is 16.4. The molecule has 1 aliphatic heterocycles. The smallest absolute Gasteiger partial charge is 0.380 e. The van der Waals surface area contributed by atoms with Crippen molar-refractivity contribution in [1.82, 2.24) is 4.90 Å². The molecule has 0 bridgehead atoms. The summed E-state index contributed by atoms with van der Waals surface area (Å²) in [5, 5.41) is 12.3. The molecule has 2 rings (SSSR count). The number of anilines is 1. The van der Waals surface area contributed by atoms with Crippen LogP contribution < -0.4 is 5.32 Å². The Hall–Kier alpha value is -1.41. The Morgan fingerprint density at radius 2 is 1.91 bits per heavy atom. The number of amides is 2. The maximum atomic E-state index is 12.7. The first kappa shape index (κ1) is 17.0. The number of carbonyl (C=O) groups excluding carboxylic acids is 1. The number of piperidine rings is 1. The van der Waals surface area contributed by atoms with Crippen molar-refractivity contribution in [3.05, 3.63) is 24.3 Å². The predicted octanol–water partition coefficient (Wildman–Crippen LogP) is 3.33. The predicted molar refractivity (Wildman–Crippen MR) is 79.1 cm³/mol. The summed E-state index contributed by atoms with van der Waals surface area (Å²) >= 11 is 1.47. The molecule has 122 valence electrons. The average molecular weight is 334 g/mol. The number of benzene rings is 1. The summed E-state index contributed by atoms with van der Waals surface area (Å²) in [4.78, 5) is 14.3. The van der Waals surface area contributed by atoms with Crippen molar-refractivity contribution in [1.29, 1.82) is 0 Å². The number of thioether (sulfide) groups is 1. The highest BCUT2D eigenvalue weighted by Gasteiger charge is 2.54. The second-order valence-corrected chi connectivity index (χ2v) is 5.99. The number of hydrogen-bond acceptors (Lipinski definition) is 3. The van der Waals surface area contributed by atoms with Crippen LogP contribution in [0.15, 0.2) is 29.2 Å². The highest BCUT2D eigenvalue weighted by Crippen LogP contribution is 2.38. The van der Waals surface area contributed by atoms with Crippen LogP contribution in [0.2, 0.25) is 0 Å². The Morgan fingerprint density at radius 3 is 2.45 bits per heavy atom. The highest BCUT2D eigenvalue weighted by atomic mass is 32.2. The molecule has 0 unspecified atom stereocenters. The van der Waals surface area contributed by atoms with Crippen molar-refractivity contribution in [2.75, 3.05) is 24.7 Å². The molecule has 1 aromatic rings. The second kappa shape index (κ2) is 6.37. The number of rotatable bonds is 2. The van der Waals surface area contributed by atoms with Crippen LogP contribution in [-0.4, -0.2) is 47.2 Å². The molecular weight excluding hydrogens is 317 g/mol. The average Bonchev–Trinajstić information content (AvgIpc) is 2.47. The van der Waals surface area contributed by atoms with E-state index in [-0.39, 0.29) is 13.1 Å². The first-order valence-corrected chi connectivity index (χ1v) is 7.97. The van der Waals surface area contributed by atoms with Gasteiger partial charge in [0.15, 0.2) is 5.60 Å². The third-order valence-electron chi connectivity index (χ3n) is 3.75. The van der Waals surface area contributed by atoms with E-state index < -0.39 is 30.7 Å². The first-order valence-electron chi connectivity index (χ1n) is 6.75. The fourth-order valence-corrected chi connectivity index (χ4v) is 2.86. The van der Waals surface area contributed by atoms with Crippen LogP contribution >= 0.6 is 11.8 Å². The van der Waals surface area contributed by atoms with Gasteiger partial charge in [0.05, 0.1) is 5.69 Å². The fourth-order valence-electron chi connectivity index (χ4n) is 2.31. The third-order valence-corrected chi connectivity index (χ3v) is 4.55. The van der Waals surface area contributed by atoms with Gasteiger partial charge in [0, 0.05) is 30.8 Å². The quantitative estimate of drug-likeness (QED) is 0.816. The van der Waals surface area contributed by atoms with Gasteiger partial charge in [-0.3, -0.25) is 0 Å². The van der Waals surface area contributed by atoms with Crippen LogP contribution in [0, 0.1) is 0 Å². The monoisotopic (exact) mass is 334 g/mol. The van der Waals surface area contributed by atoms with Crippen molar-refractivity contribution in [3.63, 3.8) is 0 Å². The van der Waals surface area contributed by atoms with E-state index in [9.17, 15) is 23.1 Å². The summed E-state index contributed by atoms with van der Waals surface area (Å²) in [6.45, 7) is -0.271. The van der Waals surface area contributed by atoms with E-state index in [0.717, 1.165) is 4.90 Å². The normalized spacial score (nSPS) is 18.1. The molecule has 1 aromatic carbocycles. The van der Waals surface area contributed by atoms with Gasteiger partial charge in [0.2, 0.25) is 0 Å². The molecule has 0 saturated carbocycles. The lowest BCUT2D eigenvalue weighted by molar-refractivity contribution is -0.271. The second-order valence-electron chi connectivity index (χ2n) is 5.15. The lowest BCUT2D eigenvalue weighted by Gasteiger charge is -2.39. The molecule has 2 amide bonds. The Kier molecular flexibility index (Phi) is 4.91. The van der Waals surface area contributed by atoms with Gasteiger partial charge in [0.25, 0.3) is 0 Å². The zero-order valence-electron chi connectivity index (χ0n) is 12.0. The SMILES string of the molecule is CSc1ccccc1NC(=O)N1CCC(O)(C(F)(F)F)CC1. The minimum absolute atomic E-state index is 0.136. The number of halogens is 3. The largest absolute Gasteiger partial charge is 0.417 e. The minimum Gasteiger partial charge on any atom is -0.380 e. The minimum atomic E-state index is -4.67. The lowest BCUT2D eigenvalue weighted by atomic mass is 9.91. The molecule has 1 aliphatic rings. The maximum absolute atomic E-state index is 12.7. The first-order chi connectivity index (χ1) is 10.3. The molecule has 0 spiro atoms. The van der Waals surface area contributed by atoms with Crippen LogP contribution in [0.3, 0.4) is 0 Å². The van der Waals surface area contributed by atoms with Gasteiger partial charge in [-0.2, -0.15) is 13.2 Å². The number of alkyl halides is 3. The Labute approximate surface area is 130 Å². The summed E-state index contributed by atoms with van der Waals surface area (Å²) in [6, 6.07) is 6.74. The molecule has 4 nitrogen and oxygen atoms in total. The summed E-state index contributed by atoms with van der Waals surface area (Å²) < 4.78 is 38.2. The maximum Gasteiger partial charge on any atom is 0.417 e. The van der Waals surface area contributed by atoms with E-state index in [1.807, 2.05) is 18.4 Å². The van der Waals surface area contributed by atoms with Crippen molar-refractivity contribution < 1.29 is 23.1 Å². The standard InChI is InChI=1S/C14H17F3N2O2S/c1-22-11-5-3-2-4-10(11)18-12(20)19-8-6-13(21,7-9-19)14(15,16)17/h2-5,21H,6-9H2,1H3,(H,18,20). The Balaban J connectivity index is 1.99. The molecule has 1 heterocycles. The summed E-state index contributed by atoms with van der Waals surface area (Å²) in [5.41, 5.74) is -2.07. The Bertz CT molecular complexity index is 543. The third kappa shape index (κ3) is 3.49. The summed E-state index contributed by atoms with van der Waals surface area (Å²) in [5.74, 6) is 0. The lowest BCUT2D eigenvalue weighted by Crippen LogP contribution is -2.55. The number of para-hydroxylation sites is 1. The number of carbonyl (C=O) groups is 1. The molecule has 0 radical (unpaired) electrons. The molecule has 22 heavy (non-hydrogen) atoms. The van der Waals surface area contributed by atoms with E-state index in [4.69, 9.17) is 0 Å². The molecule has 0 aliphatic carbocycles. The molecule has 0 aromatic heterocycles. The van der Waals surface area contributed by atoms with Gasteiger partial charge in [-0.25, -0.2) is 4.79 Å². The topological polar surface area (TPSA) is 52.6 Å². The van der Waals surface area contributed by atoms with E-state index in [2.05, 4.69) is 5.32 Å². The number of urea groups is 1. The van der Waals surface area contributed by atoms with E-state index >= 15 is 0 Å². The van der Waals surface area contributed by atoms with Gasteiger partial charge in [-0.1, -0.05) is 12.1 Å². The molecular formula is C14H17F3N2O2S. The number of nitrogens with zero attached hydrogens (tertiary/aromatic N) is 1.